The maximum Gasteiger partial charge on any atom is 0.188 e. The summed E-state index contributed by atoms with van der Waals surface area (Å²) in [5.74, 6) is 1.05. The van der Waals surface area contributed by atoms with Crippen molar-refractivity contribution in [1.82, 2.24) is 15.2 Å². The molecule has 0 spiro atoms. The summed E-state index contributed by atoms with van der Waals surface area (Å²) in [6, 6.07) is 1.65. The van der Waals surface area contributed by atoms with Crippen molar-refractivity contribution in [2.24, 2.45) is 10.7 Å². The lowest BCUT2D eigenvalue weighted by molar-refractivity contribution is 0.0377. The van der Waals surface area contributed by atoms with Gasteiger partial charge in [-0.1, -0.05) is 23.2 Å². The summed E-state index contributed by atoms with van der Waals surface area (Å²) in [4.78, 5) is 10.8. The Morgan fingerprint density at radius 2 is 2.08 bits per heavy atom. The number of hydrogen-bond donors (Lipinski definition) is 3. The fourth-order valence-electron chi connectivity index (χ4n) is 2.29. The van der Waals surface area contributed by atoms with Gasteiger partial charge in [-0.05, 0) is 12.5 Å². The second-order valence-electron chi connectivity index (χ2n) is 5.41. The van der Waals surface area contributed by atoms with Crippen LogP contribution in [0.2, 0.25) is 10.0 Å². The maximum absolute atomic E-state index is 6.03. The predicted molar refractivity (Wildman–Crippen MR) is 115 cm³/mol. The van der Waals surface area contributed by atoms with E-state index in [2.05, 4.69) is 25.5 Å². The Morgan fingerprint density at radius 1 is 1.32 bits per heavy atom. The summed E-state index contributed by atoms with van der Waals surface area (Å²) in [7, 11) is 0. The van der Waals surface area contributed by atoms with E-state index in [-0.39, 0.29) is 24.0 Å². The molecule has 10 heteroatoms. The second-order valence-corrected chi connectivity index (χ2v) is 6.26. The van der Waals surface area contributed by atoms with Gasteiger partial charge in [0.25, 0.3) is 0 Å². The van der Waals surface area contributed by atoms with Crippen LogP contribution in [-0.4, -0.2) is 68.3 Å². The zero-order valence-corrected chi connectivity index (χ0v) is 17.9. The molecular weight excluding hydrogens is 478 g/mol. The first-order valence-electron chi connectivity index (χ1n) is 8.04. The van der Waals surface area contributed by atoms with E-state index in [9.17, 15) is 0 Å². The molecule has 2 heterocycles. The monoisotopic (exact) mass is 502 g/mol. The van der Waals surface area contributed by atoms with Gasteiger partial charge in [-0.15, -0.1) is 24.0 Å². The van der Waals surface area contributed by atoms with E-state index >= 15 is 0 Å². The third kappa shape index (κ3) is 9.09. The van der Waals surface area contributed by atoms with Gasteiger partial charge in [-0.2, -0.15) is 0 Å². The van der Waals surface area contributed by atoms with Gasteiger partial charge in [0.1, 0.15) is 5.82 Å². The van der Waals surface area contributed by atoms with Gasteiger partial charge >= 0.3 is 0 Å². The average molecular weight is 503 g/mol. The van der Waals surface area contributed by atoms with E-state index in [4.69, 9.17) is 33.7 Å². The normalized spacial score (nSPS) is 15.5. The number of rotatable bonds is 8. The number of guanidine groups is 1. The van der Waals surface area contributed by atoms with Gasteiger partial charge in [-0.3, -0.25) is 9.89 Å². The van der Waals surface area contributed by atoms with Crippen LogP contribution < -0.4 is 16.4 Å². The molecule has 25 heavy (non-hydrogen) atoms. The maximum atomic E-state index is 6.03. The van der Waals surface area contributed by atoms with Crippen molar-refractivity contribution in [3.63, 3.8) is 0 Å². The lowest BCUT2D eigenvalue weighted by Gasteiger charge is -2.26. The molecule has 1 fully saturated rings. The standard InChI is InChI=1S/C15H24Cl2N6O.HI/c16-12-10-13(17)14(22-11-12)19-3-4-21-15(18)20-2-1-5-23-6-8-24-9-7-23;/h10-11H,1-9H2,(H,19,22)(H3,18,20,21);1H. The van der Waals surface area contributed by atoms with Crippen LogP contribution in [0.1, 0.15) is 6.42 Å². The van der Waals surface area contributed by atoms with Crippen LogP contribution in [0.15, 0.2) is 17.3 Å². The van der Waals surface area contributed by atoms with Crippen molar-refractivity contribution < 1.29 is 4.74 Å². The Labute approximate surface area is 175 Å². The van der Waals surface area contributed by atoms with E-state index in [1.54, 1.807) is 12.3 Å². The van der Waals surface area contributed by atoms with E-state index < -0.39 is 0 Å². The van der Waals surface area contributed by atoms with Crippen LogP contribution in [0.4, 0.5) is 5.82 Å². The van der Waals surface area contributed by atoms with Crippen LogP contribution in [0, 0.1) is 0 Å². The summed E-state index contributed by atoms with van der Waals surface area (Å²) >= 11 is 11.8. The molecule has 0 radical (unpaired) electrons. The summed E-state index contributed by atoms with van der Waals surface area (Å²) in [6.07, 6.45) is 2.54. The van der Waals surface area contributed by atoms with Gasteiger partial charge in [0.05, 0.1) is 23.3 Å². The third-order valence-electron chi connectivity index (χ3n) is 3.55. The van der Waals surface area contributed by atoms with Crippen molar-refractivity contribution in [2.75, 3.05) is 57.8 Å². The summed E-state index contributed by atoms with van der Waals surface area (Å²) in [5, 5.41) is 7.17. The Hall–Kier alpha value is -0.550. The number of nitrogens with zero attached hydrogens (tertiary/aromatic N) is 3. The third-order valence-corrected chi connectivity index (χ3v) is 4.04. The molecule has 0 unspecified atom stereocenters. The molecule has 2 rings (SSSR count). The SMILES string of the molecule is I.NC(=NCCCN1CCOCC1)NCCNc1ncc(Cl)cc1Cl. The van der Waals surface area contributed by atoms with Gasteiger partial charge in [0, 0.05) is 45.5 Å². The number of ether oxygens (including phenoxy) is 1. The number of halogens is 3. The van der Waals surface area contributed by atoms with Crippen LogP contribution in [-0.2, 0) is 4.74 Å². The molecule has 0 amide bonds. The lowest BCUT2D eigenvalue weighted by Crippen LogP contribution is -2.37. The Morgan fingerprint density at radius 3 is 2.80 bits per heavy atom. The first kappa shape index (κ1) is 22.5. The molecule has 0 aliphatic carbocycles. The number of nitrogens with one attached hydrogen (secondary N) is 2. The highest BCUT2D eigenvalue weighted by Crippen LogP contribution is 2.21. The number of hydrogen-bond acceptors (Lipinski definition) is 5. The summed E-state index contributed by atoms with van der Waals surface area (Å²) < 4.78 is 5.32. The molecular formula is C15H25Cl2IN6O. The highest BCUT2D eigenvalue weighted by molar-refractivity contribution is 14.0. The van der Waals surface area contributed by atoms with Crippen LogP contribution >= 0.6 is 47.2 Å². The van der Waals surface area contributed by atoms with Gasteiger partial charge in [0.15, 0.2) is 5.96 Å². The molecule has 0 saturated carbocycles. The van der Waals surface area contributed by atoms with Crippen molar-refractivity contribution in [1.29, 1.82) is 0 Å². The fourth-order valence-corrected chi connectivity index (χ4v) is 2.74. The van der Waals surface area contributed by atoms with Crippen LogP contribution in [0.25, 0.3) is 0 Å². The highest BCUT2D eigenvalue weighted by Gasteiger charge is 2.08. The molecule has 1 saturated heterocycles. The van der Waals surface area contributed by atoms with Crippen LogP contribution in [0.5, 0.6) is 0 Å². The summed E-state index contributed by atoms with van der Waals surface area (Å²) in [5.41, 5.74) is 5.84. The van der Waals surface area contributed by atoms with Gasteiger partial charge in [-0.25, -0.2) is 4.98 Å². The molecule has 0 bridgehead atoms. The average Bonchev–Trinajstić information content (AvgIpc) is 2.58. The van der Waals surface area contributed by atoms with E-state index in [1.165, 1.54) is 0 Å². The topological polar surface area (TPSA) is 87.8 Å². The molecule has 1 aromatic rings. The fraction of sp³-hybridized carbons (Fsp3) is 0.600. The van der Waals surface area contributed by atoms with Crippen molar-refractivity contribution in [3.05, 3.63) is 22.3 Å². The predicted octanol–water partition coefficient (Wildman–Crippen LogP) is 2.04. The molecule has 0 aromatic carbocycles. The molecule has 1 aliphatic heterocycles. The van der Waals surface area contributed by atoms with Crippen molar-refractivity contribution in [2.45, 2.75) is 6.42 Å². The highest BCUT2D eigenvalue weighted by atomic mass is 127. The smallest absolute Gasteiger partial charge is 0.188 e. The number of aliphatic imine (C=N–C) groups is 1. The second kappa shape index (κ2) is 12.7. The first-order valence-corrected chi connectivity index (χ1v) is 8.79. The van der Waals surface area contributed by atoms with Crippen molar-refractivity contribution >= 4 is 59.0 Å². The quantitative estimate of drug-likeness (QED) is 0.218. The van der Waals surface area contributed by atoms with Gasteiger partial charge in [0.2, 0.25) is 0 Å². The zero-order chi connectivity index (χ0) is 17.2. The Kier molecular flexibility index (Phi) is 11.5. The minimum absolute atomic E-state index is 0. The summed E-state index contributed by atoms with van der Waals surface area (Å²) in [6.45, 7) is 6.65. The van der Waals surface area contributed by atoms with Gasteiger partial charge < -0.3 is 21.1 Å². The zero-order valence-electron chi connectivity index (χ0n) is 14.0. The molecule has 7 nitrogen and oxygen atoms in total. The van der Waals surface area contributed by atoms with E-state index in [0.717, 1.165) is 39.3 Å². The molecule has 4 N–H and O–H groups in total. The minimum atomic E-state index is 0. The first-order chi connectivity index (χ1) is 11.6. The molecule has 1 aromatic heterocycles. The number of nitrogens with two attached hydrogens (primary N) is 1. The number of anilines is 1. The number of pyridine rings is 1. The van der Waals surface area contributed by atoms with E-state index in [1.807, 2.05) is 0 Å². The molecule has 0 atom stereocenters. The van der Waals surface area contributed by atoms with E-state index in [0.29, 0.717) is 41.5 Å². The number of morpholine rings is 1. The van der Waals surface area contributed by atoms with Crippen molar-refractivity contribution in [3.8, 4) is 0 Å². The molecule has 1 aliphatic rings. The Bertz CT molecular complexity index is 543. The Balaban J connectivity index is 0.00000312. The van der Waals surface area contributed by atoms with Crippen LogP contribution in [0.3, 0.4) is 0 Å². The largest absolute Gasteiger partial charge is 0.379 e. The lowest BCUT2D eigenvalue weighted by atomic mass is 10.3. The minimum Gasteiger partial charge on any atom is -0.379 e. The number of aromatic nitrogens is 1. The molecule has 142 valence electrons.